The fourth-order valence-electron chi connectivity index (χ4n) is 3.24. The maximum Gasteiger partial charge on any atom is 0.355 e. The van der Waals surface area contributed by atoms with Gasteiger partial charge in [-0.3, -0.25) is 4.79 Å². The molecule has 2 aromatic carbocycles. The molecule has 32 heavy (non-hydrogen) atoms. The summed E-state index contributed by atoms with van der Waals surface area (Å²) in [6.45, 7) is 3.96. The van der Waals surface area contributed by atoms with Crippen molar-refractivity contribution in [3.63, 3.8) is 0 Å². The number of benzene rings is 2. The molecule has 0 saturated heterocycles. The molecule has 0 bridgehead atoms. The molecule has 1 heterocycles. The minimum absolute atomic E-state index is 0.00807. The van der Waals surface area contributed by atoms with Gasteiger partial charge >= 0.3 is 11.9 Å². The van der Waals surface area contributed by atoms with Crippen molar-refractivity contribution in [2.24, 2.45) is 0 Å². The highest BCUT2D eigenvalue weighted by Crippen LogP contribution is 2.30. The Bertz CT molecular complexity index is 1160. The molecule has 0 saturated carbocycles. The highest BCUT2D eigenvalue weighted by atomic mass is 16.5. The van der Waals surface area contributed by atoms with Crippen LogP contribution < -0.4 is 10.2 Å². The lowest BCUT2D eigenvalue weighted by Gasteiger charge is -2.25. The molecule has 1 amide bonds. The summed E-state index contributed by atoms with van der Waals surface area (Å²) >= 11 is 0. The largest absolute Gasteiger partial charge is 0.465 e. The Kier molecular flexibility index (Phi) is 6.90. The number of methoxy groups -OCH3 is 2. The van der Waals surface area contributed by atoms with Crippen molar-refractivity contribution in [2.45, 2.75) is 13.8 Å². The molecule has 2 aromatic rings. The Morgan fingerprint density at radius 3 is 2.28 bits per heavy atom. The van der Waals surface area contributed by atoms with E-state index < -0.39 is 11.9 Å². The summed E-state index contributed by atoms with van der Waals surface area (Å²) in [7, 11) is 2.45. The van der Waals surface area contributed by atoms with Crippen LogP contribution in [-0.2, 0) is 19.1 Å². The van der Waals surface area contributed by atoms with E-state index in [0.717, 1.165) is 11.1 Å². The van der Waals surface area contributed by atoms with Gasteiger partial charge in [-0.1, -0.05) is 24.3 Å². The van der Waals surface area contributed by atoms with Crippen LogP contribution in [-0.4, -0.2) is 32.1 Å². The van der Waals surface area contributed by atoms with Gasteiger partial charge in [0, 0.05) is 11.9 Å². The van der Waals surface area contributed by atoms with Crippen LogP contribution in [0.5, 0.6) is 0 Å². The van der Waals surface area contributed by atoms with E-state index in [1.807, 2.05) is 32.0 Å². The second kappa shape index (κ2) is 9.78. The van der Waals surface area contributed by atoms with Crippen LogP contribution in [0.4, 0.5) is 11.4 Å². The fourth-order valence-corrected chi connectivity index (χ4v) is 3.24. The first-order valence-corrected chi connectivity index (χ1v) is 9.90. The summed E-state index contributed by atoms with van der Waals surface area (Å²) in [5.41, 5.74) is 3.48. The molecular formula is C25H24N2O5. The van der Waals surface area contributed by atoms with E-state index in [-0.39, 0.29) is 17.2 Å². The number of amides is 1. The number of hydrogen-bond donors (Lipinski definition) is 1. The quantitative estimate of drug-likeness (QED) is 0.718. The number of anilines is 2. The highest BCUT2D eigenvalue weighted by molar-refractivity contribution is 6.11. The number of hydrogen-bond acceptors (Lipinski definition) is 6. The second-order valence-electron chi connectivity index (χ2n) is 7.09. The summed E-state index contributed by atoms with van der Waals surface area (Å²) < 4.78 is 9.77. The molecule has 164 valence electrons. The lowest BCUT2D eigenvalue weighted by molar-refractivity contribution is -0.139. The van der Waals surface area contributed by atoms with Crippen molar-refractivity contribution in [3.8, 4) is 0 Å². The second-order valence-corrected chi connectivity index (χ2v) is 7.09. The molecule has 7 heteroatoms. The molecule has 1 aliphatic heterocycles. The molecule has 0 atom stereocenters. The molecule has 0 aromatic heterocycles. The molecule has 0 aliphatic carbocycles. The van der Waals surface area contributed by atoms with E-state index in [1.165, 1.54) is 25.2 Å². The molecule has 3 rings (SSSR count). The number of rotatable bonds is 5. The molecule has 0 radical (unpaired) electrons. The van der Waals surface area contributed by atoms with Gasteiger partial charge in [0.2, 0.25) is 0 Å². The SMILES string of the molecule is COC(=O)C1=C(C(=O)OC)N(c2ccccc2C(=O)Nc2ccc(C)c(C)c2)C=CC=C1. The smallest absolute Gasteiger partial charge is 0.355 e. The van der Waals surface area contributed by atoms with E-state index in [9.17, 15) is 14.4 Å². The van der Waals surface area contributed by atoms with Crippen LogP contribution in [0.2, 0.25) is 0 Å². The third kappa shape index (κ3) is 4.62. The number of allylic oxidation sites excluding steroid dienone is 2. The maximum absolute atomic E-state index is 13.2. The monoisotopic (exact) mass is 432 g/mol. The topological polar surface area (TPSA) is 84.9 Å². The number of ether oxygens (including phenoxy) is 2. The predicted molar refractivity (Wildman–Crippen MR) is 122 cm³/mol. The standard InChI is InChI=1S/C25H24N2O5/c1-16-12-13-18(15-17(16)2)26-23(28)19-9-5-6-11-21(19)27-14-8-7-10-20(24(29)31-3)22(27)25(30)32-4/h5-15H,1-4H3,(H,26,28). The van der Waals surface area contributed by atoms with Gasteiger partial charge in [-0.25, -0.2) is 9.59 Å². The van der Waals surface area contributed by atoms with Gasteiger partial charge < -0.3 is 19.7 Å². The Labute approximate surface area is 186 Å². The molecule has 0 spiro atoms. The average Bonchev–Trinajstić information content (AvgIpc) is 3.03. The first kappa shape index (κ1) is 22.6. The average molecular weight is 432 g/mol. The molecule has 0 unspecified atom stereocenters. The van der Waals surface area contributed by atoms with E-state index in [0.29, 0.717) is 16.9 Å². The third-order valence-electron chi connectivity index (χ3n) is 5.06. The number of carbonyl (C=O) groups is 3. The number of carbonyl (C=O) groups excluding carboxylic acids is 3. The normalized spacial score (nSPS) is 12.9. The van der Waals surface area contributed by atoms with Crippen LogP contribution in [0.3, 0.4) is 0 Å². The van der Waals surface area contributed by atoms with Crippen molar-refractivity contribution < 1.29 is 23.9 Å². The summed E-state index contributed by atoms with van der Waals surface area (Å²) in [6, 6.07) is 12.4. The Balaban J connectivity index is 2.09. The third-order valence-corrected chi connectivity index (χ3v) is 5.06. The van der Waals surface area contributed by atoms with Crippen molar-refractivity contribution in [1.82, 2.24) is 0 Å². The molecular weight excluding hydrogens is 408 g/mol. The first-order chi connectivity index (χ1) is 15.4. The summed E-state index contributed by atoms with van der Waals surface area (Å²) in [5, 5.41) is 2.90. The van der Waals surface area contributed by atoms with Gasteiger partial charge in [0.1, 0.15) is 5.70 Å². The van der Waals surface area contributed by atoms with E-state index >= 15 is 0 Å². The Morgan fingerprint density at radius 2 is 1.59 bits per heavy atom. The van der Waals surface area contributed by atoms with E-state index in [1.54, 1.807) is 42.6 Å². The minimum atomic E-state index is -0.744. The Hall–Kier alpha value is -4.13. The zero-order chi connectivity index (χ0) is 23.3. The summed E-state index contributed by atoms with van der Waals surface area (Å²) in [4.78, 5) is 39.7. The minimum Gasteiger partial charge on any atom is -0.465 e. The zero-order valence-electron chi connectivity index (χ0n) is 18.3. The summed E-state index contributed by atoms with van der Waals surface area (Å²) in [5.74, 6) is -1.81. The van der Waals surface area contributed by atoms with E-state index in [2.05, 4.69) is 5.32 Å². The predicted octanol–water partition coefficient (Wildman–Crippen LogP) is 4.05. The number of esters is 2. The highest BCUT2D eigenvalue weighted by Gasteiger charge is 2.29. The number of nitrogens with one attached hydrogen (secondary N) is 1. The van der Waals surface area contributed by atoms with Crippen molar-refractivity contribution in [3.05, 3.63) is 94.9 Å². The summed E-state index contributed by atoms with van der Waals surface area (Å²) in [6.07, 6.45) is 6.30. The van der Waals surface area contributed by atoms with Gasteiger partial charge in [-0.15, -0.1) is 0 Å². The van der Waals surface area contributed by atoms with Crippen LogP contribution in [0.25, 0.3) is 0 Å². The van der Waals surface area contributed by atoms with E-state index in [4.69, 9.17) is 9.47 Å². The fraction of sp³-hybridized carbons (Fsp3) is 0.160. The molecule has 1 N–H and O–H groups in total. The molecule has 7 nitrogen and oxygen atoms in total. The maximum atomic E-state index is 13.2. The van der Waals surface area contributed by atoms with Crippen molar-refractivity contribution in [1.29, 1.82) is 0 Å². The number of aryl methyl sites for hydroxylation is 2. The number of para-hydroxylation sites is 1. The molecule has 1 aliphatic rings. The first-order valence-electron chi connectivity index (χ1n) is 9.90. The van der Waals surface area contributed by atoms with Gasteiger partial charge in [0.15, 0.2) is 0 Å². The Morgan fingerprint density at radius 1 is 0.875 bits per heavy atom. The van der Waals surface area contributed by atoms with Crippen LogP contribution in [0.15, 0.2) is 78.2 Å². The zero-order valence-corrected chi connectivity index (χ0v) is 18.3. The van der Waals surface area contributed by atoms with Crippen LogP contribution in [0, 0.1) is 13.8 Å². The van der Waals surface area contributed by atoms with Gasteiger partial charge in [0.05, 0.1) is 31.0 Å². The molecule has 0 fully saturated rings. The number of nitrogens with zero attached hydrogens (tertiary/aromatic N) is 1. The van der Waals surface area contributed by atoms with Crippen molar-refractivity contribution >= 4 is 29.2 Å². The lowest BCUT2D eigenvalue weighted by Crippen LogP contribution is -2.28. The lowest BCUT2D eigenvalue weighted by atomic mass is 10.1. The van der Waals surface area contributed by atoms with Crippen molar-refractivity contribution in [2.75, 3.05) is 24.4 Å². The van der Waals surface area contributed by atoms with Crippen LogP contribution in [0.1, 0.15) is 21.5 Å². The van der Waals surface area contributed by atoms with Crippen LogP contribution >= 0.6 is 0 Å². The van der Waals surface area contributed by atoms with Gasteiger partial charge in [0.25, 0.3) is 5.91 Å². The van der Waals surface area contributed by atoms with Gasteiger partial charge in [-0.2, -0.15) is 0 Å². The van der Waals surface area contributed by atoms with Gasteiger partial charge in [-0.05, 0) is 61.4 Å².